The Hall–Kier alpha value is -0.930. The summed E-state index contributed by atoms with van der Waals surface area (Å²) in [5, 5.41) is 74.1. The first-order valence-corrected chi connectivity index (χ1v) is 11.3. The van der Waals surface area contributed by atoms with E-state index in [-0.39, 0.29) is 12.3 Å². The van der Waals surface area contributed by atoms with E-state index < -0.39 is 90.4 Å². The molecule has 5 fully saturated rings. The van der Waals surface area contributed by atoms with Crippen LogP contribution in [-0.4, -0.2) is 115 Å². The highest BCUT2D eigenvalue weighted by atomic mass is 16.7. The summed E-state index contributed by atoms with van der Waals surface area (Å²) < 4.78 is 22.8. The number of ether oxygens (including phenoxy) is 4. The Morgan fingerprint density at radius 1 is 1.12 bits per heavy atom. The first-order chi connectivity index (χ1) is 15.3. The van der Waals surface area contributed by atoms with Crippen molar-refractivity contribution in [1.29, 1.82) is 0 Å². The third kappa shape index (κ3) is 2.47. The number of rotatable bonds is 4. The van der Waals surface area contributed by atoms with Gasteiger partial charge in [0.1, 0.15) is 36.6 Å². The summed E-state index contributed by atoms with van der Waals surface area (Å²) in [5.74, 6) is -3.24. The average Bonchev–Trinajstić information content (AvgIpc) is 3.25. The zero-order chi connectivity index (χ0) is 24.2. The lowest BCUT2D eigenvalue weighted by molar-refractivity contribution is -0.321. The molecule has 12 nitrogen and oxygen atoms in total. The Morgan fingerprint density at radius 3 is 2.48 bits per heavy atom. The minimum Gasteiger partial charge on any atom is -0.463 e. The topological polar surface area (TPSA) is 196 Å². The van der Waals surface area contributed by atoms with Crippen molar-refractivity contribution in [3.8, 4) is 0 Å². The molecule has 4 aliphatic heterocycles. The van der Waals surface area contributed by atoms with Gasteiger partial charge in [0, 0.05) is 11.8 Å². The van der Waals surface area contributed by atoms with Crippen molar-refractivity contribution in [1.82, 2.24) is 0 Å². The summed E-state index contributed by atoms with van der Waals surface area (Å²) >= 11 is 0. The number of carbonyl (C=O) groups excluding carboxylic acids is 1. The summed E-state index contributed by atoms with van der Waals surface area (Å²) in [7, 11) is 0. The number of aliphatic hydroxyl groups is 7. The maximum absolute atomic E-state index is 12.7. The van der Waals surface area contributed by atoms with Crippen molar-refractivity contribution in [3.63, 3.8) is 0 Å². The van der Waals surface area contributed by atoms with Crippen molar-refractivity contribution in [2.75, 3.05) is 19.8 Å². The monoisotopic (exact) mass is 476 g/mol. The van der Waals surface area contributed by atoms with E-state index in [0.717, 1.165) is 0 Å². The zero-order valence-corrected chi connectivity index (χ0v) is 18.5. The number of cyclic esters (lactones) is 1. The molecule has 12 atom stereocenters. The van der Waals surface area contributed by atoms with Gasteiger partial charge < -0.3 is 54.7 Å². The van der Waals surface area contributed by atoms with E-state index in [4.69, 9.17) is 18.9 Å². The molecule has 1 aliphatic carbocycles. The molecule has 1 saturated carbocycles. The van der Waals surface area contributed by atoms with Crippen LogP contribution in [0.15, 0.2) is 0 Å². The van der Waals surface area contributed by atoms with Gasteiger partial charge in [-0.15, -0.1) is 0 Å². The van der Waals surface area contributed by atoms with Crippen LogP contribution in [0.25, 0.3) is 0 Å². The van der Waals surface area contributed by atoms with E-state index in [1.807, 2.05) is 6.92 Å². The minimum atomic E-state index is -2.10. The van der Waals surface area contributed by atoms with E-state index in [1.165, 1.54) is 6.92 Å². The second-order valence-corrected chi connectivity index (χ2v) is 10.5. The SMILES string of the molecule is C[C@@H]1CC[C@@]23O[C@@]4(O)C[C@@]12[C@@H](O)C(=O)OC[C@@]3(CO[C@@H]1O[C@H](CO)[C@@H](O)[C@H](O)[C@H]1O)[C@@]4(C)O. The number of aliphatic hydroxyl groups excluding tert-OH is 5. The van der Waals surface area contributed by atoms with E-state index in [2.05, 4.69) is 0 Å². The Morgan fingerprint density at radius 2 is 1.82 bits per heavy atom. The van der Waals surface area contributed by atoms with Gasteiger partial charge in [-0.05, 0) is 25.7 Å². The third-order valence-electron chi connectivity index (χ3n) is 9.42. The molecule has 0 aromatic rings. The Bertz CT molecular complexity index is 834. The molecule has 188 valence electrons. The van der Waals surface area contributed by atoms with Gasteiger partial charge >= 0.3 is 5.97 Å². The predicted octanol–water partition coefficient (Wildman–Crippen LogP) is -3.26. The van der Waals surface area contributed by atoms with Gasteiger partial charge in [0.25, 0.3) is 0 Å². The number of hydrogen-bond donors (Lipinski definition) is 7. The third-order valence-corrected chi connectivity index (χ3v) is 9.42. The van der Waals surface area contributed by atoms with Crippen molar-refractivity contribution in [2.24, 2.45) is 16.7 Å². The maximum Gasteiger partial charge on any atom is 0.335 e. The van der Waals surface area contributed by atoms with Gasteiger partial charge in [0.05, 0.1) is 24.2 Å². The van der Waals surface area contributed by atoms with Crippen LogP contribution in [0.4, 0.5) is 0 Å². The van der Waals surface area contributed by atoms with E-state index in [9.17, 15) is 40.5 Å². The molecule has 7 N–H and O–H groups in total. The fourth-order valence-electron chi connectivity index (χ4n) is 7.37. The molecule has 2 bridgehead atoms. The molecule has 0 aromatic heterocycles. The fourth-order valence-corrected chi connectivity index (χ4v) is 7.37. The van der Waals surface area contributed by atoms with Crippen LogP contribution in [0.3, 0.4) is 0 Å². The van der Waals surface area contributed by atoms with Crippen LogP contribution >= 0.6 is 0 Å². The van der Waals surface area contributed by atoms with Crippen molar-refractivity contribution < 1.29 is 59.5 Å². The summed E-state index contributed by atoms with van der Waals surface area (Å²) in [6.07, 6.45) is -8.55. The summed E-state index contributed by atoms with van der Waals surface area (Å²) in [5.41, 5.74) is -6.19. The van der Waals surface area contributed by atoms with Crippen LogP contribution in [0.1, 0.15) is 33.1 Å². The number of carbonyl (C=O) groups is 1. The lowest BCUT2D eigenvalue weighted by atomic mass is 9.47. The zero-order valence-electron chi connectivity index (χ0n) is 18.5. The largest absolute Gasteiger partial charge is 0.463 e. The number of hydrogen-bond acceptors (Lipinski definition) is 12. The lowest BCUT2D eigenvalue weighted by Gasteiger charge is -2.57. The van der Waals surface area contributed by atoms with Crippen molar-refractivity contribution in [3.05, 3.63) is 0 Å². The van der Waals surface area contributed by atoms with Crippen LogP contribution in [-0.2, 0) is 23.7 Å². The average molecular weight is 476 g/mol. The molecular weight excluding hydrogens is 444 g/mol. The molecule has 0 amide bonds. The lowest BCUT2D eigenvalue weighted by Crippen LogP contribution is -2.72. The molecule has 4 heterocycles. The Balaban J connectivity index is 1.55. The quantitative estimate of drug-likeness (QED) is 0.200. The summed E-state index contributed by atoms with van der Waals surface area (Å²) in [6.45, 7) is 1.67. The molecule has 0 radical (unpaired) electrons. The van der Waals surface area contributed by atoms with Crippen LogP contribution in [0.5, 0.6) is 0 Å². The fraction of sp³-hybridized carbons (Fsp3) is 0.952. The molecule has 12 heteroatoms. The van der Waals surface area contributed by atoms with Crippen molar-refractivity contribution >= 4 is 5.97 Å². The van der Waals surface area contributed by atoms with Gasteiger partial charge in [0.2, 0.25) is 0 Å². The maximum atomic E-state index is 12.7. The molecule has 5 aliphatic rings. The molecule has 4 saturated heterocycles. The van der Waals surface area contributed by atoms with Crippen LogP contribution in [0.2, 0.25) is 0 Å². The summed E-state index contributed by atoms with van der Waals surface area (Å²) in [6, 6.07) is 0. The van der Waals surface area contributed by atoms with E-state index in [0.29, 0.717) is 12.8 Å². The summed E-state index contributed by atoms with van der Waals surface area (Å²) in [4.78, 5) is 12.7. The molecule has 5 rings (SSSR count). The molecule has 1 spiro atoms. The van der Waals surface area contributed by atoms with Crippen molar-refractivity contribution in [2.45, 2.75) is 86.9 Å². The standard InChI is InChI=1S/C21H32O12/c1-9-3-4-20-18(8-31-16-13(25)12(24)11(23)10(5-22)32-16)7-30-15(27)14(26)19(9,20)6-21(29,33-20)17(18,2)28/h9-14,16,22-26,28-29H,3-8H2,1-2H3/t9-,10-,11-,12+,13-,14+,16-,17-,18-,19+,20+,21+/m1/s1. The van der Waals surface area contributed by atoms with Gasteiger partial charge in [-0.3, -0.25) is 0 Å². The molecular formula is C21H32O12. The second-order valence-electron chi connectivity index (χ2n) is 10.5. The van der Waals surface area contributed by atoms with Gasteiger partial charge in [-0.25, -0.2) is 4.79 Å². The normalized spacial score (nSPS) is 59.9. The Labute approximate surface area is 189 Å². The van der Waals surface area contributed by atoms with E-state index >= 15 is 0 Å². The Kier molecular flexibility index (Phi) is 5.09. The second kappa shape index (κ2) is 7.06. The van der Waals surface area contributed by atoms with Gasteiger partial charge in [0.15, 0.2) is 18.2 Å². The first kappa shape index (κ1) is 23.8. The first-order valence-electron chi connectivity index (χ1n) is 11.3. The van der Waals surface area contributed by atoms with E-state index in [1.54, 1.807) is 0 Å². The van der Waals surface area contributed by atoms with Gasteiger partial charge in [-0.1, -0.05) is 6.92 Å². The van der Waals surface area contributed by atoms with Crippen LogP contribution < -0.4 is 0 Å². The highest BCUT2D eigenvalue weighted by Gasteiger charge is 2.92. The molecule has 0 unspecified atom stereocenters. The smallest absolute Gasteiger partial charge is 0.335 e. The highest BCUT2D eigenvalue weighted by molar-refractivity contribution is 5.77. The molecule has 33 heavy (non-hydrogen) atoms. The molecule has 0 aromatic carbocycles. The number of esters is 1. The highest BCUT2D eigenvalue weighted by Crippen LogP contribution is 2.79. The minimum absolute atomic E-state index is 0.174. The predicted molar refractivity (Wildman–Crippen MR) is 104 cm³/mol. The van der Waals surface area contributed by atoms with Gasteiger partial charge in [-0.2, -0.15) is 0 Å². The number of fused-ring (bicyclic) bond motifs is 1. The van der Waals surface area contributed by atoms with Crippen LogP contribution in [0, 0.1) is 16.7 Å².